The normalized spacial score (nSPS) is 17.6. The Morgan fingerprint density at radius 2 is 1.57 bits per heavy atom. The molecule has 1 atom stereocenters. The molecule has 2 aromatic carbocycles. The van der Waals surface area contributed by atoms with Gasteiger partial charge in [0.1, 0.15) is 11.6 Å². The molecule has 0 fully saturated rings. The van der Waals surface area contributed by atoms with Gasteiger partial charge < -0.3 is 4.90 Å². The zero-order valence-electron chi connectivity index (χ0n) is 15.9. The van der Waals surface area contributed by atoms with Crippen molar-refractivity contribution in [2.45, 2.75) is 11.3 Å². The van der Waals surface area contributed by atoms with Crippen LogP contribution in [-0.4, -0.2) is 46.0 Å². The summed E-state index contributed by atoms with van der Waals surface area (Å²) in [6.07, 6.45) is 1.54. The molecule has 7 heteroatoms. The van der Waals surface area contributed by atoms with E-state index in [2.05, 4.69) is 0 Å². The molecule has 4 nitrogen and oxygen atoms in total. The first-order chi connectivity index (χ1) is 13.1. The van der Waals surface area contributed by atoms with Gasteiger partial charge in [-0.25, -0.2) is 17.2 Å². The molecule has 0 aromatic heterocycles. The van der Waals surface area contributed by atoms with E-state index in [-0.39, 0.29) is 27.7 Å². The fraction of sp³-hybridized carbons (Fsp3) is 0.286. The summed E-state index contributed by atoms with van der Waals surface area (Å²) in [5.74, 6) is -2.00. The predicted molar refractivity (Wildman–Crippen MR) is 104 cm³/mol. The highest BCUT2D eigenvalue weighted by molar-refractivity contribution is 7.90. The first kappa shape index (κ1) is 20.4. The second-order valence-electron chi connectivity index (χ2n) is 7.34. The Balaban J connectivity index is 2.13. The van der Waals surface area contributed by atoms with Crippen LogP contribution >= 0.6 is 0 Å². The van der Waals surface area contributed by atoms with E-state index in [0.717, 1.165) is 24.5 Å². The lowest BCUT2D eigenvalue weighted by molar-refractivity contribution is -0.117. The van der Waals surface area contributed by atoms with Crippen molar-refractivity contribution in [3.05, 3.63) is 65.2 Å². The van der Waals surface area contributed by atoms with Gasteiger partial charge >= 0.3 is 0 Å². The molecule has 1 unspecified atom stereocenters. The Bertz CT molecular complexity index is 1040. The molecule has 148 valence electrons. The number of ketones is 1. The van der Waals surface area contributed by atoms with Crippen LogP contribution in [0.1, 0.15) is 17.5 Å². The van der Waals surface area contributed by atoms with Crippen LogP contribution in [0.15, 0.2) is 47.4 Å². The molecule has 28 heavy (non-hydrogen) atoms. The van der Waals surface area contributed by atoms with Crippen molar-refractivity contribution in [3.8, 4) is 0 Å². The molecule has 0 heterocycles. The summed E-state index contributed by atoms with van der Waals surface area (Å²) in [6.45, 7) is 0.505. The van der Waals surface area contributed by atoms with Crippen molar-refractivity contribution in [2.24, 2.45) is 5.92 Å². The molecule has 1 aliphatic rings. The fourth-order valence-corrected chi connectivity index (χ4v) is 4.19. The van der Waals surface area contributed by atoms with Gasteiger partial charge in [0.05, 0.1) is 4.90 Å². The second kappa shape index (κ2) is 7.56. The zero-order chi connectivity index (χ0) is 20.6. The highest BCUT2D eigenvalue weighted by atomic mass is 32.2. The first-order valence-corrected chi connectivity index (χ1v) is 10.6. The van der Waals surface area contributed by atoms with Crippen LogP contribution < -0.4 is 0 Å². The number of halogens is 2. The quantitative estimate of drug-likeness (QED) is 0.765. The number of carbonyl (C=O) groups excluding carboxylic acids is 1. The van der Waals surface area contributed by atoms with Crippen LogP contribution in [0.5, 0.6) is 0 Å². The lowest BCUT2D eigenvalue weighted by atomic mass is 9.96. The Labute approximate surface area is 163 Å². The van der Waals surface area contributed by atoms with E-state index in [9.17, 15) is 22.0 Å². The van der Waals surface area contributed by atoms with Crippen LogP contribution in [0.3, 0.4) is 0 Å². The molecular weight excluding hydrogens is 384 g/mol. The number of rotatable bonds is 5. The fourth-order valence-electron chi connectivity index (χ4n) is 3.56. The van der Waals surface area contributed by atoms with E-state index in [1.165, 1.54) is 12.1 Å². The van der Waals surface area contributed by atoms with Crippen LogP contribution in [0.25, 0.3) is 11.1 Å². The molecule has 0 amide bonds. The second-order valence-corrected chi connectivity index (χ2v) is 9.35. The van der Waals surface area contributed by atoms with Gasteiger partial charge in [0.25, 0.3) is 0 Å². The summed E-state index contributed by atoms with van der Waals surface area (Å²) in [6, 6.07) is 9.29. The Morgan fingerprint density at radius 3 is 2.07 bits per heavy atom. The Morgan fingerprint density at radius 1 is 1.00 bits per heavy atom. The van der Waals surface area contributed by atoms with Crippen LogP contribution in [0.2, 0.25) is 0 Å². The van der Waals surface area contributed by atoms with Gasteiger partial charge in [0.15, 0.2) is 15.6 Å². The maximum Gasteiger partial charge on any atom is 0.175 e. The van der Waals surface area contributed by atoms with Gasteiger partial charge in [-0.15, -0.1) is 0 Å². The highest BCUT2D eigenvalue weighted by Gasteiger charge is 2.35. The minimum absolute atomic E-state index is 0.166. The predicted octanol–water partition coefficient (Wildman–Crippen LogP) is 3.43. The van der Waals surface area contributed by atoms with Gasteiger partial charge in [-0.2, -0.15) is 0 Å². The molecule has 0 bridgehead atoms. The minimum atomic E-state index is -3.35. The van der Waals surface area contributed by atoms with Gasteiger partial charge in [0, 0.05) is 30.4 Å². The third kappa shape index (κ3) is 4.20. The summed E-state index contributed by atoms with van der Waals surface area (Å²) in [7, 11) is 0.363. The summed E-state index contributed by atoms with van der Waals surface area (Å²) >= 11 is 0. The lowest BCUT2D eigenvalue weighted by Gasteiger charge is -2.15. The van der Waals surface area contributed by atoms with E-state index in [1.807, 2.05) is 19.0 Å². The molecule has 0 aliphatic heterocycles. The number of nitrogens with zero attached hydrogens (tertiary/aromatic N) is 1. The Hall–Kier alpha value is -2.38. The molecule has 0 spiro atoms. The number of Topliss-reactive ketones (excluding diaryl/α,β-unsaturated/α-hetero) is 1. The largest absolute Gasteiger partial charge is 0.309 e. The van der Waals surface area contributed by atoms with Crippen molar-refractivity contribution >= 4 is 26.8 Å². The number of hydrogen-bond donors (Lipinski definition) is 0. The van der Waals surface area contributed by atoms with E-state index >= 15 is 0 Å². The number of sulfone groups is 1. The molecule has 2 aromatic rings. The topological polar surface area (TPSA) is 54.5 Å². The molecule has 0 N–H and O–H groups in total. The number of allylic oxidation sites excluding steroid dienone is 2. The third-order valence-corrected chi connectivity index (χ3v) is 5.87. The van der Waals surface area contributed by atoms with Gasteiger partial charge in [-0.3, -0.25) is 4.79 Å². The lowest BCUT2D eigenvalue weighted by Crippen LogP contribution is -2.25. The van der Waals surface area contributed by atoms with E-state index in [1.54, 1.807) is 12.1 Å². The van der Waals surface area contributed by atoms with Gasteiger partial charge in [-0.1, -0.05) is 12.1 Å². The maximum absolute atomic E-state index is 13.8. The smallest absolute Gasteiger partial charge is 0.175 e. The summed E-state index contributed by atoms with van der Waals surface area (Å²) in [5.41, 5.74) is 1.83. The highest BCUT2D eigenvalue weighted by Crippen LogP contribution is 2.41. The summed E-state index contributed by atoms with van der Waals surface area (Å²) in [4.78, 5) is 15.1. The monoisotopic (exact) mass is 405 g/mol. The molecule has 0 saturated carbocycles. The number of benzene rings is 2. The third-order valence-electron chi connectivity index (χ3n) is 4.74. The Kier molecular flexibility index (Phi) is 5.50. The van der Waals surface area contributed by atoms with E-state index in [4.69, 9.17) is 0 Å². The zero-order valence-corrected chi connectivity index (χ0v) is 16.7. The average Bonchev–Trinajstić information content (AvgIpc) is 2.89. The van der Waals surface area contributed by atoms with Crippen molar-refractivity contribution < 1.29 is 22.0 Å². The molecule has 0 saturated heterocycles. The average molecular weight is 405 g/mol. The molecule has 1 aliphatic carbocycles. The summed E-state index contributed by atoms with van der Waals surface area (Å²) in [5, 5.41) is 0. The van der Waals surface area contributed by atoms with Gasteiger partial charge in [-0.05, 0) is 61.5 Å². The standard InChI is InChI=1S/C21H21F2NO3S/c1-24(2)12-15-10-19(13-4-6-18(7-5-13)28(3,26)27)20(21(15)25)14-8-16(22)11-17(23)9-14/h4-9,11,15H,10,12H2,1-3H3. The van der Waals surface area contributed by atoms with E-state index < -0.39 is 21.5 Å². The number of hydrogen-bond acceptors (Lipinski definition) is 4. The molecule has 3 rings (SSSR count). The van der Waals surface area contributed by atoms with Crippen molar-refractivity contribution in [3.63, 3.8) is 0 Å². The van der Waals surface area contributed by atoms with E-state index in [0.29, 0.717) is 24.1 Å². The number of carbonyl (C=O) groups is 1. The molecular formula is C21H21F2NO3S. The van der Waals surface area contributed by atoms with Crippen LogP contribution in [0, 0.1) is 17.6 Å². The van der Waals surface area contributed by atoms with Gasteiger partial charge in [0.2, 0.25) is 0 Å². The maximum atomic E-state index is 13.8. The SMILES string of the molecule is CN(C)CC1CC(c2ccc(S(C)(=O)=O)cc2)=C(c2cc(F)cc(F)c2)C1=O. The summed E-state index contributed by atoms with van der Waals surface area (Å²) < 4.78 is 51.0. The van der Waals surface area contributed by atoms with Crippen LogP contribution in [0.4, 0.5) is 8.78 Å². The van der Waals surface area contributed by atoms with Crippen molar-refractivity contribution in [2.75, 3.05) is 26.9 Å². The minimum Gasteiger partial charge on any atom is -0.309 e. The molecule has 0 radical (unpaired) electrons. The van der Waals surface area contributed by atoms with Crippen molar-refractivity contribution in [1.82, 2.24) is 4.90 Å². The van der Waals surface area contributed by atoms with Crippen LogP contribution in [-0.2, 0) is 14.6 Å². The first-order valence-electron chi connectivity index (χ1n) is 8.75. The van der Waals surface area contributed by atoms with Crippen molar-refractivity contribution in [1.29, 1.82) is 0 Å².